The number of rotatable bonds is 3. The summed E-state index contributed by atoms with van der Waals surface area (Å²) in [5.41, 5.74) is 2.85. The highest BCUT2D eigenvalue weighted by Crippen LogP contribution is 2.24. The van der Waals surface area contributed by atoms with Crippen molar-refractivity contribution in [2.75, 3.05) is 26.2 Å². The molecule has 25 heavy (non-hydrogen) atoms. The number of aryl methyl sites for hydroxylation is 1. The van der Waals surface area contributed by atoms with Crippen molar-refractivity contribution in [2.24, 2.45) is 0 Å². The highest BCUT2D eigenvalue weighted by Gasteiger charge is 2.27. The molecule has 0 bridgehead atoms. The lowest BCUT2D eigenvalue weighted by Crippen LogP contribution is -2.49. The Kier molecular flexibility index (Phi) is 5.52. The monoisotopic (exact) mass is 397 g/mol. The van der Waals surface area contributed by atoms with Gasteiger partial charge < -0.3 is 4.90 Å². The molecular formula is C20H20BrN3O. The normalized spacial score (nSPS) is 16.3. The van der Waals surface area contributed by atoms with E-state index in [2.05, 4.69) is 26.9 Å². The van der Waals surface area contributed by atoms with Crippen molar-refractivity contribution >= 4 is 21.8 Å². The first-order chi connectivity index (χ1) is 12.1. The molecule has 1 atom stereocenters. The van der Waals surface area contributed by atoms with Gasteiger partial charge in [-0.3, -0.25) is 9.69 Å². The van der Waals surface area contributed by atoms with Crippen LogP contribution >= 0.6 is 15.9 Å². The Labute approximate surface area is 156 Å². The number of nitrogens with zero attached hydrogens (tertiary/aromatic N) is 3. The second kappa shape index (κ2) is 7.81. The lowest BCUT2D eigenvalue weighted by atomic mass is 10.1. The Morgan fingerprint density at radius 1 is 1.12 bits per heavy atom. The molecule has 0 radical (unpaired) electrons. The second-order valence-electron chi connectivity index (χ2n) is 6.28. The molecule has 1 aliphatic heterocycles. The predicted octanol–water partition coefficient (Wildman–Crippen LogP) is 3.78. The minimum Gasteiger partial charge on any atom is -0.336 e. The molecule has 3 rings (SSSR count). The molecule has 1 unspecified atom stereocenters. The van der Waals surface area contributed by atoms with Crippen LogP contribution in [0.15, 0.2) is 53.0 Å². The van der Waals surface area contributed by atoms with Crippen molar-refractivity contribution in [3.8, 4) is 6.07 Å². The summed E-state index contributed by atoms with van der Waals surface area (Å²) >= 11 is 3.46. The van der Waals surface area contributed by atoms with Gasteiger partial charge >= 0.3 is 0 Å². The van der Waals surface area contributed by atoms with E-state index >= 15 is 0 Å². The highest BCUT2D eigenvalue weighted by molar-refractivity contribution is 9.10. The van der Waals surface area contributed by atoms with E-state index in [1.165, 1.54) is 0 Å². The molecule has 0 saturated carbocycles. The number of piperazine rings is 1. The van der Waals surface area contributed by atoms with E-state index in [-0.39, 0.29) is 11.9 Å². The van der Waals surface area contributed by atoms with E-state index in [1.807, 2.05) is 60.4 Å². The van der Waals surface area contributed by atoms with E-state index < -0.39 is 0 Å². The standard InChI is InChI=1S/C20H20BrN3O/c1-15-5-7-16(8-6-15)20(25)24-11-9-23(10-12-24)19(14-22)17-3-2-4-18(21)13-17/h2-8,13,19H,9-12H2,1H3. The van der Waals surface area contributed by atoms with Gasteiger partial charge in [-0.1, -0.05) is 45.8 Å². The number of nitriles is 1. The fourth-order valence-corrected chi connectivity index (χ4v) is 3.52. The number of carbonyl (C=O) groups is 1. The molecule has 1 aliphatic rings. The minimum absolute atomic E-state index is 0.0654. The Hall–Kier alpha value is -2.16. The zero-order valence-corrected chi connectivity index (χ0v) is 15.7. The minimum atomic E-state index is -0.283. The maximum absolute atomic E-state index is 12.6. The number of benzene rings is 2. The van der Waals surface area contributed by atoms with Crippen LogP contribution in [0.3, 0.4) is 0 Å². The van der Waals surface area contributed by atoms with E-state index in [9.17, 15) is 10.1 Å². The van der Waals surface area contributed by atoms with Crippen LogP contribution in [-0.2, 0) is 0 Å². The SMILES string of the molecule is Cc1ccc(C(=O)N2CCN(C(C#N)c3cccc(Br)c3)CC2)cc1. The zero-order valence-electron chi connectivity index (χ0n) is 14.2. The Morgan fingerprint density at radius 2 is 1.80 bits per heavy atom. The van der Waals surface area contributed by atoms with Crippen LogP contribution in [0.1, 0.15) is 27.5 Å². The van der Waals surface area contributed by atoms with Gasteiger partial charge in [-0.25, -0.2) is 0 Å². The van der Waals surface area contributed by atoms with Crippen molar-refractivity contribution < 1.29 is 4.79 Å². The third-order valence-electron chi connectivity index (χ3n) is 4.55. The quantitative estimate of drug-likeness (QED) is 0.791. The van der Waals surface area contributed by atoms with Crippen LogP contribution in [0.25, 0.3) is 0 Å². The van der Waals surface area contributed by atoms with Gasteiger partial charge in [-0.05, 0) is 36.8 Å². The number of hydrogen-bond acceptors (Lipinski definition) is 3. The number of amides is 1. The average Bonchev–Trinajstić information content (AvgIpc) is 2.63. The Morgan fingerprint density at radius 3 is 2.40 bits per heavy atom. The fraction of sp³-hybridized carbons (Fsp3) is 0.300. The van der Waals surface area contributed by atoms with Gasteiger partial charge in [0.25, 0.3) is 5.91 Å². The first-order valence-corrected chi connectivity index (χ1v) is 9.13. The van der Waals surface area contributed by atoms with Crippen molar-refractivity contribution in [3.05, 3.63) is 69.7 Å². The summed E-state index contributed by atoms with van der Waals surface area (Å²) < 4.78 is 0.971. The van der Waals surface area contributed by atoms with E-state index in [0.717, 1.165) is 21.2 Å². The molecule has 1 heterocycles. The number of halogens is 1. The highest BCUT2D eigenvalue weighted by atomic mass is 79.9. The van der Waals surface area contributed by atoms with Gasteiger partial charge in [0.1, 0.15) is 6.04 Å². The Bertz CT molecular complexity index is 789. The molecule has 0 aliphatic carbocycles. The maximum Gasteiger partial charge on any atom is 0.253 e. The number of hydrogen-bond donors (Lipinski definition) is 0. The largest absolute Gasteiger partial charge is 0.336 e. The molecule has 2 aromatic carbocycles. The van der Waals surface area contributed by atoms with Crippen molar-refractivity contribution in [3.63, 3.8) is 0 Å². The van der Waals surface area contributed by atoms with Gasteiger partial charge in [0.2, 0.25) is 0 Å². The molecule has 0 N–H and O–H groups in total. The second-order valence-corrected chi connectivity index (χ2v) is 7.20. The average molecular weight is 398 g/mol. The summed E-state index contributed by atoms with van der Waals surface area (Å²) in [5.74, 6) is 0.0654. The van der Waals surface area contributed by atoms with Crippen LogP contribution < -0.4 is 0 Å². The van der Waals surface area contributed by atoms with Crippen molar-refractivity contribution in [1.82, 2.24) is 9.80 Å². The molecule has 0 aromatic heterocycles. The first-order valence-electron chi connectivity index (χ1n) is 8.33. The topological polar surface area (TPSA) is 47.3 Å². The predicted molar refractivity (Wildman–Crippen MR) is 101 cm³/mol. The van der Waals surface area contributed by atoms with Gasteiger partial charge in [0.05, 0.1) is 6.07 Å². The van der Waals surface area contributed by atoms with Crippen molar-refractivity contribution in [2.45, 2.75) is 13.0 Å². The smallest absolute Gasteiger partial charge is 0.253 e. The number of carbonyl (C=O) groups excluding carboxylic acids is 1. The van der Waals surface area contributed by atoms with Crippen LogP contribution in [-0.4, -0.2) is 41.9 Å². The van der Waals surface area contributed by atoms with Crippen LogP contribution in [0, 0.1) is 18.3 Å². The summed E-state index contributed by atoms with van der Waals surface area (Å²) in [7, 11) is 0. The molecular weight excluding hydrogens is 378 g/mol. The van der Waals surface area contributed by atoms with Gasteiger partial charge in [-0.2, -0.15) is 5.26 Å². The summed E-state index contributed by atoms with van der Waals surface area (Å²) in [4.78, 5) is 16.6. The Balaban J connectivity index is 1.65. The van der Waals surface area contributed by atoms with Gasteiger partial charge in [-0.15, -0.1) is 0 Å². The van der Waals surface area contributed by atoms with Gasteiger partial charge in [0.15, 0.2) is 0 Å². The summed E-state index contributed by atoms with van der Waals surface area (Å²) in [5, 5.41) is 9.61. The molecule has 0 spiro atoms. The molecule has 1 saturated heterocycles. The summed E-state index contributed by atoms with van der Waals surface area (Å²) in [6.07, 6.45) is 0. The summed E-state index contributed by atoms with van der Waals surface area (Å²) in [6.45, 7) is 4.68. The summed E-state index contributed by atoms with van der Waals surface area (Å²) in [6, 6.07) is 17.7. The lowest BCUT2D eigenvalue weighted by molar-refractivity contribution is 0.0606. The molecule has 5 heteroatoms. The molecule has 1 amide bonds. The van der Waals surface area contributed by atoms with E-state index in [4.69, 9.17) is 0 Å². The van der Waals surface area contributed by atoms with Crippen molar-refractivity contribution in [1.29, 1.82) is 5.26 Å². The zero-order chi connectivity index (χ0) is 17.8. The molecule has 1 fully saturated rings. The molecule has 2 aromatic rings. The first kappa shape index (κ1) is 17.7. The molecule has 4 nitrogen and oxygen atoms in total. The maximum atomic E-state index is 12.6. The van der Waals surface area contributed by atoms with Gasteiger partial charge in [0, 0.05) is 36.2 Å². The third kappa shape index (κ3) is 4.09. The lowest BCUT2D eigenvalue weighted by Gasteiger charge is -2.37. The van der Waals surface area contributed by atoms with Crippen LogP contribution in [0.4, 0.5) is 0 Å². The fourth-order valence-electron chi connectivity index (χ4n) is 3.11. The third-order valence-corrected chi connectivity index (χ3v) is 5.05. The van der Waals surface area contributed by atoms with Crippen LogP contribution in [0.2, 0.25) is 0 Å². The van der Waals surface area contributed by atoms with Crippen LogP contribution in [0.5, 0.6) is 0 Å². The van der Waals surface area contributed by atoms with E-state index in [1.54, 1.807) is 0 Å². The van der Waals surface area contributed by atoms with E-state index in [0.29, 0.717) is 26.2 Å². The molecule has 128 valence electrons.